The third-order valence-electron chi connectivity index (χ3n) is 0.986. The first-order valence-electron chi connectivity index (χ1n) is 1.95. The van der Waals surface area contributed by atoms with Crippen LogP contribution in [0.4, 0.5) is 0 Å². The zero-order chi connectivity index (χ0) is 3.98. The smallest absolute Gasteiger partial charge is 0.192 e. The minimum Gasteiger partial charge on any atom is -0.493 e. The van der Waals surface area contributed by atoms with Crippen LogP contribution in [-0.2, 0) is 9.47 Å². The Morgan fingerprint density at radius 1 is 1.83 bits per heavy atom. The molecule has 0 saturated carbocycles. The molecule has 1 saturated heterocycles. The van der Waals surface area contributed by atoms with Gasteiger partial charge in [0.1, 0.15) is 12.9 Å². The van der Waals surface area contributed by atoms with E-state index in [1.165, 1.54) is 0 Å². The van der Waals surface area contributed by atoms with E-state index in [1.807, 2.05) is 0 Å². The Morgan fingerprint density at radius 2 is 2.83 bits per heavy atom. The summed E-state index contributed by atoms with van der Waals surface area (Å²) < 4.78 is 9.71. The Bertz CT molecular complexity index is 106. The van der Waals surface area contributed by atoms with Gasteiger partial charge in [-0.15, -0.1) is 0 Å². The molecule has 2 rings (SSSR count). The van der Waals surface area contributed by atoms with Crippen LogP contribution < -0.4 is 0 Å². The maximum absolute atomic E-state index is 4.89. The van der Waals surface area contributed by atoms with Crippen molar-refractivity contribution in [1.82, 2.24) is 0 Å². The predicted molar refractivity (Wildman–Crippen MR) is 18.9 cm³/mol. The molecule has 6 heavy (non-hydrogen) atoms. The van der Waals surface area contributed by atoms with Crippen LogP contribution in [-0.4, -0.2) is 12.7 Å². The molecule has 1 fully saturated rings. The van der Waals surface area contributed by atoms with E-state index >= 15 is 0 Å². The monoisotopic (exact) mass is 84.0 g/mol. The molecular weight excluding hydrogens is 80.0 g/mol. The Kier molecular flexibility index (Phi) is 0.231. The van der Waals surface area contributed by atoms with Gasteiger partial charge < -0.3 is 9.47 Å². The van der Waals surface area contributed by atoms with Gasteiger partial charge in [0.05, 0.1) is 0 Å². The number of ether oxygens (including phenoxy) is 2. The van der Waals surface area contributed by atoms with Gasteiger partial charge in [0.15, 0.2) is 11.9 Å². The first-order valence-corrected chi connectivity index (χ1v) is 1.95. The standard InChI is InChI=1S/C4H4O2/c1-3-4(6-3)2-5-1/h1,4H,2H2. The molecule has 0 bridgehead atoms. The van der Waals surface area contributed by atoms with Crippen molar-refractivity contribution in [3.8, 4) is 0 Å². The van der Waals surface area contributed by atoms with E-state index in [0.717, 1.165) is 12.4 Å². The predicted octanol–water partition coefficient (Wildman–Crippen LogP) is 0.257. The van der Waals surface area contributed by atoms with Crippen LogP contribution in [0.3, 0.4) is 0 Å². The molecule has 2 nitrogen and oxygen atoms in total. The molecule has 2 aliphatic rings. The summed E-state index contributed by atoms with van der Waals surface area (Å²) in [7, 11) is 0. The molecular formula is C4H4O2. The lowest BCUT2D eigenvalue weighted by atomic mass is 10.5. The molecule has 32 valence electrons. The molecule has 0 radical (unpaired) electrons. The van der Waals surface area contributed by atoms with E-state index in [9.17, 15) is 0 Å². The molecule has 0 aromatic heterocycles. The number of hydrogen-bond donors (Lipinski definition) is 0. The summed E-state index contributed by atoms with van der Waals surface area (Å²) in [6.07, 6.45) is 2.02. The second-order valence-electron chi connectivity index (χ2n) is 1.46. The van der Waals surface area contributed by atoms with Crippen molar-refractivity contribution in [1.29, 1.82) is 0 Å². The van der Waals surface area contributed by atoms with Crippen molar-refractivity contribution >= 4 is 0 Å². The Balaban J connectivity index is 2.35. The summed E-state index contributed by atoms with van der Waals surface area (Å²) in [5.74, 6) is 1.02. The van der Waals surface area contributed by atoms with E-state index in [-0.39, 0.29) is 0 Å². The minimum absolute atomic E-state index is 0.352. The van der Waals surface area contributed by atoms with Gasteiger partial charge in [0, 0.05) is 0 Å². The molecule has 0 spiro atoms. The van der Waals surface area contributed by atoms with Crippen molar-refractivity contribution in [2.45, 2.75) is 6.10 Å². The maximum atomic E-state index is 4.89. The topological polar surface area (TPSA) is 21.8 Å². The van der Waals surface area contributed by atoms with Crippen molar-refractivity contribution in [3.05, 3.63) is 12.0 Å². The van der Waals surface area contributed by atoms with E-state index < -0.39 is 0 Å². The summed E-state index contributed by atoms with van der Waals surface area (Å²) in [5.41, 5.74) is 0. The zero-order valence-corrected chi connectivity index (χ0v) is 3.18. The van der Waals surface area contributed by atoms with Crippen molar-refractivity contribution < 1.29 is 9.47 Å². The molecule has 0 aromatic carbocycles. The number of epoxide rings is 1. The third kappa shape index (κ3) is 0.142. The second-order valence-corrected chi connectivity index (χ2v) is 1.46. The highest BCUT2D eigenvalue weighted by Gasteiger charge is 2.38. The number of rotatable bonds is 0. The largest absolute Gasteiger partial charge is 0.493 e. The van der Waals surface area contributed by atoms with Crippen LogP contribution in [0.2, 0.25) is 0 Å². The van der Waals surface area contributed by atoms with Gasteiger partial charge in [-0.3, -0.25) is 0 Å². The molecule has 0 aromatic rings. The first kappa shape index (κ1) is 2.50. The van der Waals surface area contributed by atoms with Crippen LogP contribution in [0, 0.1) is 0 Å². The fourth-order valence-corrected chi connectivity index (χ4v) is 0.568. The van der Waals surface area contributed by atoms with Gasteiger partial charge in [-0.1, -0.05) is 0 Å². The van der Waals surface area contributed by atoms with Crippen molar-refractivity contribution in [2.24, 2.45) is 0 Å². The summed E-state index contributed by atoms with van der Waals surface area (Å²) in [5, 5.41) is 0. The average molecular weight is 84.1 g/mol. The van der Waals surface area contributed by atoms with E-state index in [1.54, 1.807) is 6.26 Å². The third-order valence-corrected chi connectivity index (χ3v) is 0.986. The molecule has 0 amide bonds. The molecule has 0 aliphatic carbocycles. The molecule has 2 aliphatic heterocycles. The van der Waals surface area contributed by atoms with Gasteiger partial charge in [0.2, 0.25) is 0 Å². The lowest BCUT2D eigenvalue weighted by molar-refractivity contribution is 0.203. The first-order chi connectivity index (χ1) is 2.97. The Labute approximate surface area is 35.4 Å². The summed E-state index contributed by atoms with van der Waals surface area (Å²) >= 11 is 0. The molecule has 1 unspecified atom stereocenters. The van der Waals surface area contributed by atoms with Crippen molar-refractivity contribution in [3.63, 3.8) is 0 Å². The quantitative estimate of drug-likeness (QED) is 0.392. The molecule has 2 heterocycles. The highest BCUT2D eigenvalue weighted by Crippen LogP contribution is 2.31. The Hall–Kier alpha value is -0.660. The molecule has 1 atom stereocenters. The van der Waals surface area contributed by atoms with E-state index in [2.05, 4.69) is 0 Å². The van der Waals surface area contributed by atoms with E-state index in [0.29, 0.717) is 6.10 Å². The van der Waals surface area contributed by atoms with Crippen LogP contribution in [0.25, 0.3) is 0 Å². The lowest BCUT2D eigenvalue weighted by Gasteiger charge is -1.85. The number of hydrogen-bond acceptors (Lipinski definition) is 2. The van der Waals surface area contributed by atoms with Gasteiger partial charge in [-0.05, 0) is 0 Å². The summed E-state index contributed by atoms with van der Waals surface area (Å²) in [6, 6.07) is 0. The van der Waals surface area contributed by atoms with Crippen LogP contribution in [0.1, 0.15) is 0 Å². The highest BCUT2D eigenvalue weighted by atomic mass is 16.6. The normalized spacial score (nSPS) is 36.0. The SMILES string of the molecule is C1=C2OC2CO1. The van der Waals surface area contributed by atoms with Crippen molar-refractivity contribution in [2.75, 3.05) is 6.61 Å². The van der Waals surface area contributed by atoms with Crippen LogP contribution >= 0.6 is 0 Å². The molecule has 0 N–H and O–H groups in total. The minimum atomic E-state index is 0.352. The van der Waals surface area contributed by atoms with Gasteiger partial charge in [-0.25, -0.2) is 0 Å². The van der Waals surface area contributed by atoms with Gasteiger partial charge in [0.25, 0.3) is 0 Å². The highest BCUT2D eigenvalue weighted by molar-refractivity contribution is 5.14. The van der Waals surface area contributed by atoms with Gasteiger partial charge >= 0.3 is 0 Å². The Morgan fingerprint density at radius 3 is 3.00 bits per heavy atom. The molecule has 2 heteroatoms. The average Bonchev–Trinajstić information content (AvgIpc) is 2.17. The maximum Gasteiger partial charge on any atom is 0.192 e. The zero-order valence-electron chi connectivity index (χ0n) is 3.18. The summed E-state index contributed by atoms with van der Waals surface area (Å²) in [4.78, 5) is 0. The lowest BCUT2D eigenvalue weighted by Crippen LogP contribution is -1.88. The fraction of sp³-hybridized carbons (Fsp3) is 0.500. The van der Waals surface area contributed by atoms with E-state index in [4.69, 9.17) is 9.47 Å². The number of fused-ring (bicyclic) bond motifs is 1. The van der Waals surface area contributed by atoms with Crippen LogP contribution in [0.5, 0.6) is 0 Å². The fourth-order valence-electron chi connectivity index (χ4n) is 0.568. The summed E-state index contributed by atoms with van der Waals surface area (Å²) in [6.45, 7) is 0.745. The second kappa shape index (κ2) is 0.555. The van der Waals surface area contributed by atoms with Gasteiger partial charge in [-0.2, -0.15) is 0 Å². The van der Waals surface area contributed by atoms with Crippen LogP contribution in [0.15, 0.2) is 12.0 Å².